The van der Waals surface area contributed by atoms with E-state index in [1.54, 1.807) is 45.0 Å². The van der Waals surface area contributed by atoms with Gasteiger partial charge in [0.1, 0.15) is 6.10 Å². The number of amides is 1. The molecule has 3 atom stereocenters. The zero-order valence-electron chi connectivity index (χ0n) is 16.5. The van der Waals surface area contributed by atoms with E-state index in [9.17, 15) is 14.1 Å². The van der Waals surface area contributed by atoms with Crippen LogP contribution < -0.4 is 10.1 Å². The van der Waals surface area contributed by atoms with Crippen LogP contribution in [0.1, 0.15) is 20.8 Å². The predicted octanol–water partition coefficient (Wildman–Crippen LogP) is 3.74. The van der Waals surface area contributed by atoms with E-state index in [1.165, 1.54) is 12.5 Å². The summed E-state index contributed by atoms with van der Waals surface area (Å²) in [4.78, 5) is 20.3. The van der Waals surface area contributed by atoms with Crippen molar-refractivity contribution in [3.8, 4) is 5.88 Å². The lowest BCUT2D eigenvalue weighted by Crippen LogP contribution is -2.26. The summed E-state index contributed by atoms with van der Waals surface area (Å²) in [6.45, 7) is 5.17. The van der Waals surface area contributed by atoms with Gasteiger partial charge in [0.15, 0.2) is 0 Å². The lowest BCUT2D eigenvalue weighted by molar-refractivity contribution is 0.0569. The Labute approximate surface area is 178 Å². The summed E-state index contributed by atoms with van der Waals surface area (Å²) in [6, 6.07) is 6.53. The molecule has 2 aromatic rings. The molecular formula is C18H23BrN4O5S. The van der Waals surface area contributed by atoms with Gasteiger partial charge in [-0.25, -0.2) is 14.0 Å². The molecule has 0 saturated carbocycles. The molecule has 11 heteroatoms. The second kappa shape index (κ2) is 9.99. The number of anilines is 2. The van der Waals surface area contributed by atoms with E-state index in [2.05, 4.69) is 35.6 Å². The highest BCUT2D eigenvalue weighted by Crippen LogP contribution is 2.26. The number of hydrogen-bond acceptors (Lipinski definition) is 8. The van der Waals surface area contributed by atoms with Crippen molar-refractivity contribution in [2.24, 2.45) is 4.36 Å². The Morgan fingerprint density at radius 1 is 1.34 bits per heavy atom. The number of carbonyl (C=O) groups is 1. The fraction of sp³-hybridized carbons (Fsp3) is 0.389. The van der Waals surface area contributed by atoms with Crippen molar-refractivity contribution in [1.82, 2.24) is 9.97 Å². The first-order valence-corrected chi connectivity index (χ1v) is 11.5. The molecule has 0 aliphatic rings. The van der Waals surface area contributed by atoms with Crippen LogP contribution in [0.15, 0.2) is 44.2 Å². The first kappa shape index (κ1) is 23.0. The average molecular weight is 487 g/mol. The van der Waals surface area contributed by atoms with E-state index in [-0.39, 0.29) is 18.4 Å². The van der Waals surface area contributed by atoms with Crippen LogP contribution in [-0.2, 0) is 14.5 Å². The Hall–Kier alpha value is -2.24. The number of ether oxygens (including phenoxy) is 2. The molecule has 0 spiro atoms. The molecule has 29 heavy (non-hydrogen) atoms. The van der Waals surface area contributed by atoms with Crippen LogP contribution in [0.2, 0.25) is 0 Å². The van der Waals surface area contributed by atoms with Crippen LogP contribution in [0.25, 0.3) is 0 Å². The van der Waals surface area contributed by atoms with Gasteiger partial charge in [0.2, 0.25) is 11.8 Å². The number of carbonyl (C=O) groups excluding carboxylic acids is 1. The minimum atomic E-state index is -2.91. The van der Waals surface area contributed by atoms with Crippen molar-refractivity contribution in [2.45, 2.75) is 37.9 Å². The van der Waals surface area contributed by atoms with Gasteiger partial charge in [-0.3, -0.25) is 0 Å². The van der Waals surface area contributed by atoms with Gasteiger partial charge in [-0.2, -0.15) is 4.98 Å². The molecule has 0 fully saturated rings. The number of rotatable bonds is 7. The minimum Gasteiger partial charge on any atom is -0.471 e. The molecule has 0 aliphatic carbocycles. The van der Waals surface area contributed by atoms with Gasteiger partial charge in [0.25, 0.3) is 0 Å². The first-order valence-electron chi connectivity index (χ1n) is 8.75. The maximum Gasteiger partial charge on any atom is 0.442 e. The number of aliphatic hydroxyl groups is 1. The molecule has 2 rings (SSSR count). The number of aliphatic hydroxyl groups excluding tert-OH is 1. The van der Waals surface area contributed by atoms with Crippen LogP contribution in [0.3, 0.4) is 0 Å². The second-order valence-corrected chi connectivity index (χ2v) is 9.27. The normalized spacial score (nSPS) is 15.0. The molecule has 1 amide bonds. The van der Waals surface area contributed by atoms with Gasteiger partial charge in [-0.1, -0.05) is 0 Å². The van der Waals surface area contributed by atoms with Crippen molar-refractivity contribution < 1.29 is 23.6 Å². The van der Waals surface area contributed by atoms with Crippen molar-refractivity contribution >= 4 is 43.4 Å². The molecule has 1 unspecified atom stereocenters. The zero-order valence-corrected chi connectivity index (χ0v) is 18.9. The summed E-state index contributed by atoms with van der Waals surface area (Å²) in [5.74, 6) is 0.569. The van der Waals surface area contributed by atoms with E-state index in [0.29, 0.717) is 15.1 Å². The second-order valence-electron chi connectivity index (χ2n) is 6.15. The molecule has 0 saturated heterocycles. The molecule has 9 nitrogen and oxygen atoms in total. The summed E-state index contributed by atoms with van der Waals surface area (Å²) in [5.41, 5.74) is 0.636. The highest BCUT2D eigenvalue weighted by Gasteiger charge is 2.15. The summed E-state index contributed by atoms with van der Waals surface area (Å²) < 4.78 is 27.1. The van der Waals surface area contributed by atoms with Gasteiger partial charge in [0, 0.05) is 16.8 Å². The lowest BCUT2D eigenvalue weighted by Gasteiger charge is -2.17. The molecule has 1 heterocycles. The highest BCUT2D eigenvalue weighted by molar-refractivity contribution is 9.10. The largest absolute Gasteiger partial charge is 0.471 e. The number of benzene rings is 1. The maximum atomic E-state index is 12.6. The number of nitrogens with zero attached hydrogens (tertiary/aromatic N) is 3. The Kier molecular flexibility index (Phi) is 7.94. The quantitative estimate of drug-likeness (QED) is 0.606. The van der Waals surface area contributed by atoms with E-state index < -0.39 is 28.0 Å². The summed E-state index contributed by atoms with van der Waals surface area (Å²) in [7, 11) is -2.91. The van der Waals surface area contributed by atoms with Crippen LogP contribution >= 0.6 is 15.9 Å². The molecular weight excluding hydrogens is 464 g/mol. The van der Waals surface area contributed by atoms with E-state index in [4.69, 9.17) is 9.47 Å². The number of nitrogens with one attached hydrogen (secondary N) is 1. The lowest BCUT2D eigenvalue weighted by atomic mass is 10.3. The Morgan fingerprint density at radius 2 is 2.00 bits per heavy atom. The average Bonchev–Trinajstić information content (AvgIpc) is 2.64. The predicted molar refractivity (Wildman–Crippen MR) is 113 cm³/mol. The van der Waals surface area contributed by atoms with Gasteiger partial charge in [-0.05, 0) is 61.0 Å². The Balaban J connectivity index is 2.18. The van der Waals surface area contributed by atoms with Crippen LogP contribution in [0.4, 0.5) is 16.4 Å². The number of halogens is 1. The van der Waals surface area contributed by atoms with Crippen molar-refractivity contribution in [3.63, 3.8) is 0 Å². The first-order chi connectivity index (χ1) is 13.6. The SMILES string of the molecule is CCOC(=O)N=S(C)(=O)c1ccc(Nc2ncc(Br)c(O[C@H](C)[C@@H](C)O)n2)cc1. The smallest absolute Gasteiger partial charge is 0.442 e. The van der Waals surface area contributed by atoms with Crippen molar-refractivity contribution in [2.75, 3.05) is 18.2 Å². The zero-order chi connectivity index (χ0) is 21.6. The van der Waals surface area contributed by atoms with Crippen molar-refractivity contribution in [3.05, 3.63) is 34.9 Å². The van der Waals surface area contributed by atoms with Crippen LogP contribution in [0, 0.1) is 0 Å². The molecule has 1 aromatic carbocycles. The monoisotopic (exact) mass is 486 g/mol. The summed E-state index contributed by atoms with van der Waals surface area (Å²) in [6.07, 6.45) is 0.936. The van der Waals surface area contributed by atoms with Crippen molar-refractivity contribution in [1.29, 1.82) is 0 Å². The standard InChI is InChI=1S/C18H23BrN4O5S/c1-5-27-18(25)23-29(4,26)14-8-6-13(7-9-14)21-17-20-10-15(19)16(22-17)28-12(3)11(2)24/h6-12,24H,5H2,1-4H3,(H,20,21,22)/t11-,12-,29?/m1/s1. The minimum absolute atomic E-state index is 0.162. The summed E-state index contributed by atoms with van der Waals surface area (Å²) in [5, 5.41) is 12.6. The maximum absolute atomic E-state index is 12.6. The number of aromatic nitrogens is 2. The number of hydrogen-bond donors (Lipinski definition) is 2. The summed E-state index contributed by atoms with van der Waals surface area (Å²) >= 11 is 3.32. The molecule has 0 bridgehead atoms. The Bertz CT molecular complexity index is 975. The van der Waals surface area contributed by atoms with Gasteiger partial charge in [0.05, 0.1) is 33.1 Å². The van der Waals surface area contributed by atoms with Gasteiger partial charge < -0.3 is 19.9 Å². The van der Waals surface area contributed by atoms with E-state index >= 15 is 0 Å². The third-order valence-electron chi connectivity index (χ3n) is 3.75. The van der Waals surface area contributed by atoms with E-state index in [0.717, 1.165) is 0 Å². The molecule has 158 valence electrons. The molecule has 2 N–H and O–H groups in total. The van der Waals surface area contributed by atoms with Gasteiger partial charge >= 0.3 is 6.09 Å². The third-order valence-corrected chi connectivity index (χ3v) is 5.94. The van der Waals surface area contributed by atoms with E-state index in [1.807, 2.05) is 0 Å². The molecule has 1 aromatic heterocycles. The highest BCUT2D eigenvalue weighted by atomic mass is 79.9. The van der Waals surface area contributed by atoms with Crippen LogP contribution in [-0.4, -0.2) is 50.4 Å². The topological polar surface area (TPSA) is 123 Å². The molecule has 0 radical (unpaired) electrons. The Morgan fingerprint density at radius 3 is 2.59 bits per heavy atom. The van der Waals surface area contributed by atoms with Gasteiger partial charge in [-0.15, -0.1) is 4.36 Å². The van der Waals surface area contributed by atoms with Crippen LogP contribution in [0.5, 0.6) is 5.88 Å². The third kappa shape index (κ3) is 6.65. The fourth-order valence-electron chi connectivity index (χ4n) is 2.03. The fourth-order valence-corrected chi connectivity index (χ4v) is 3.40. The molecule has 0 aliphatic heterocycles.